The number of pyridine rings is 1. The zero-order chi connectivity index (χ0) is 22.8. The molecule has 0 aliphatic rings. The highest BCUT2D eigenvalue weighted by Crippen LogP contribution is 2.24. The molecular formula is C26H21N5O2. The number of nitrogens with two attached hydrogens (primary N) is 1. The molecule has 0 aliphatic carbocycles. The number of fused-ring (bicyclic) bond motifs is 2. The van der Waals surface area contributed by atoms with Crippen molar-refractivity contribution in [2.24, 2.45) is 0 Å². The maximum Gasteiger partial charge on any atom is 0.349 e. The highest BCUT2D eigenvalue weighted by atomic mass is 16.2. The van der Waals surface area contributed by atoms with Crippen LogP contribution >= 0.6 is 0 Å². The van der Waals surface area contributed by atoms with Gasteiger partial charge in [0.2, 0.25) is 0 Å². The smallest absolute Gasteiger partial charge is 0.349 e. The lowest BCUT2D eigenvalue weighted by Gasteiger charge is -2.13. The van der Waals surface area contributed by atoms with Gasteiger partial charge in [-0.15, -0.1) is 0 Å². The third-order valence-corrected chi connectivity index (χ3v) is 5.65. The summed E-state index contributed by atoms with van der Waals surface area (Å²) in [7, 11) is 0. The van der Waals surface area contributed by atoms with Gasteiger partial charge in [-0.2, -0.15) is 4.98 Å². The normalized spacial score (nSPS) is 11.0. The Bertz CT molecular complexity index is 1560. The Morgan fingerprint density at radius 2 is 1.73 bits per heavy atom. The molecule has 0 bridgehead atoms. The molecule has 162 valence electrons. The molecule has 0 atom stereocenters. The van der Waals surface area contributed by atoms with Gasteiger partial charge in [0.1, 0.15) is 5.82 Å². The zero-order valence-corrected chi connectivity index (χ0v) is 17.7. The van der Waals surface area contributed by atoms with E-state index in [0.29, 0.717) is 18.7 Å². The second kappa shape index (κ2) is 8.55. The Morgan fingerprint density at radius 3 is 2.55 bits per heavy atom. The summed E-state index contributed by atoms with van der Waals surface area (Å²) in [4.78, 5) is 33.0. The van der Waals surface area contributed by atoms with Crippen LogP contribution in [0.5, 0.6) is 0 Å². The first-order valence-electron chi connectivity index (χ1n) is 10.5. The Kier molecular flexibility index (Phi) is 5.28. The molecule has 0 saturated carbocycles. The molecule has 3 aromatic carbocycles. The highest BCUT2D eigenvalue weighted by Gasteiger charge is 2.11. The molecule has 2 aromatic heterocycles. The van der Waals surface area contributed by atoms with E-state index in [1.165, 1.54) is 4.57 Å². The van der Waals surface area contributed by atoms with Crippen molar-refractivity contribution >= 4 is 33.4 Å². The van der Waals surface area contributed by atoms with Gasteiger partial charge in [0.15, 0.2) is 0 Å². The molecule has 0 spiro atoms. The predicted molar refractivity (Wildman–Crippen MR) is 129 cm³/mol. The van der Waals surface area contributed by atoms with E-state index in [0.717, 1.165) is 32.8 Å². The number of aromatic nitrogens is 3. The first-order valence-corrected chi connectivity index (χ1v) is 10.5. The molecule has 5 aromatic rings. The highest BCUT2D eigenvalue weighted by molar-refractivity contribution is 5.98. The van der Waals surface area contributed by atoms with Gasteiger partial charge in [0.05, 0.1) is 12.1 Å². The summed E-state index contributed by atoms with van der Waals surface area (Å²) in [5.74, 6) is 0.0586. The van der Waals surface area contributed by atoms with E-state index >= 15 is 0 Å². The lowest BCUT2D eigenvalue weighted by molar-refractivity contribution is 0.0951. The second-order valence-corrected chi connectivity index (χ2v) is 7.79. The van der Waals surface area contributed by atoms with Crippen LogP contribution in [0.3, 0.4) is 0 Å². The number of benzene rings is 3. The van der Waals surface area contributed by atoms with Gasteiger partial charge < -0.3 is 11.1 Å². The Morgan fingerprint density at radius 1 is 0.939 bits per heavy atom. The number of anilines is 1. The van der Waals surface area contributed by atoms with E-state index in [-0.39, 0.29) is 17.4 Å². The van der Waals surface area contributed by atoms with Gasteiger partial charge in [0.25, 0.3) is 5.91 Å². The lowest BCUT2D eigenvalue weighted by Crippen LogP contribution is -2.24. The van der Waals surface area contributed by atoms with Gasteiger partial charge >= 0.3 is 5.69 Å². The van der Waals surface area contributed by atoms with Crippen LogP contribution in [0.4, 0.5) is 5.82 Å². The molecule has 0 aliphatic heterocycles. The van der Waals surface area contributed by atoms with Gasteiger partial charge in [-0.05, 0) is 52.2 Å². The molecule has 0 radical (unpaired) electrons. The maximum atomic E-state index is 12.8. The fourth-order valence-electron chi connectivity index (χ4n) is 3.96. The Hall–Kier alpha value is -4.52. The average molecular weight is 435 g/mol. The third kappa shape index (κ3) is 4.16. The van der Waals surface area contributed by atoms with Crippen LogP contribution in [0.1, 0.15) is 21.5 Å². The number of rotatable bonds is 5. The van der Waals surface area contributed by atoms with E-state index in [2.05, 4.69) is 15.3 Å². The van der Waals surface area contributed by atoms with Crippen molar-refractivity contribution < 1.29 is 4.79 Å². The number of amides is 1. The molecule has 3 N–H and O–H groups in total. The fourth-order valence-corrected chi connectivity index (χ4v) is 3.96. The SMILES string of the molecule is Nc1ccn(Cc2ccc(CNC(=O)c3ccc4ncccc4c3)c3ccccc23)c(=O)n1. The van der Waals surface area contributed by atoms with Crippen LogP contribution in [-0.4, -0.2) is 20.4 Å². The predicted octanol–water partition coefficient (Wildman–Crippen LogP) is 3.51. The molecule has 0 fully saturated rings. The van der Waals surface area contributed by atoms with Crippen LogP contribution in [0, 0.1) is 0 Å². The van der Waals surface area contributed by atoms with Gasteiger partial charge in [-0.1, -0.05) is 42.5 Å². The van der Waals surface area contributed by atoms with E-state index < -0.39 is 0 Å². The van der Waals surface area contributed by atoms with Crippen molar-refractivity contribution in [2.45, 2.75) is 13.1 Å². The van der Waals surface area contributed by atoms with Crippen molar-refractivity contribution in [3.8, 4) is 0 Å². The van der Waals surface area contributed by atoms with Crippen molar-refractivity contribution in [3.63, 3.8) is 0 Å². The number of nitrogens with one attached hydrogen (secondary N) is 1. The second-order valence-electron chi connectivity index (χ2n) is 7.79. The standard InChI is InChI=1S/C26H21N5O2/c27-24-11-13-31(26(33)30-24)16-20-8-7-19(21-5-1-2-6-22(20)21)15-29-25(32)18-9-10-23-17(14-18)4-3-12-28-23/h1-14H,15-16H2,(H,29,32)(H2,27,30,33). The largest absolute Gasteiger partial charge is 0.383 e. The minimum Gasteiger partial charge on any atom is -0.383 e. The summed E-state index contributed by atoms with van der Waals surface area (Å²) in [6, 6.07) is 22.8. The van der Waals surface area contributed by atoms with Gasteiger partial charge in [-0.25, -0.2) is 4.79 Å². The first-order chi connectivity index (χ1) is 16.1. The van der Waals surface area contributed by atoms with Crippen molar-refractivity contribution in [1.82, 2.24) is 19.9 Å². The number of hydrogen-bond donors (Lipinski definition) is 2. The molecule has 2 heterocycles. The summed E-state index contributed by atoms with van der Waals surface area (Å²) < 4.78 is 1.52. The zero-order valence-electron chi connectivity index (χ0n) is 17.7. The number of nitrogens with zero attached hydrogens (tertiary/aromatic N) is 3. The number of nitrogen functional groups attached to an aromatic ring is 1. The molecule has 33 heavy (non-hydrogen) atoms. The molecular weight excluding hydrogens is 414 g/mol. The molecule has 0 saturated heterocycles. The van der Waals surface area contributed by atoms with Crippen LogP contribution in [0.2, 0.25) is 0 Å². The Balaban J connectivity index is 1.40. The van der Waals surface area contributed by atoms with Crippen LogP contribution in [0.15, 0.2) is 90.0 Å². The molecule has 7 nitrogen and oxygen atoms in total. The third-order valence-electron chi connectivity index (χ3n) is 5.65. The van der Waals surface area contributed by atoms with E-state index in [9.17, 15) is 9.59 Å². The fraction of sp³-hybridized carbons (Fsp3) is 0.0769. The maximum absolute atomic E-state index is 12.8. The minimum atomic E-state index is -0.388. The van der Waals surface area contributed by atoms with E-state index in [1.807, 2.05) is 60.7 Å². The summed E-state index contributed by atoms with van der Waals surface area (Å²) >= 11 is 0. The number of hydrogen-bond acceptors (Lipinski definition) is 5. The van der Waals surface area contributed by atoms with Crippen molar-refractivity contribution in [1.29, 1.82) is 0 Å². The molecule has 5 rings (SSSR count). The molecule has 7 heteroatoms. The van der Waals surface area contributed by atoms with Crippen molar-refractivity contribution in [2.75, 3.05) is 5.73 Å². The summed E-state index contributed by atoms with van der Waals surface area (Å²) in [5, 5.41) is 5.98. The van der Waals surface area contributed by atoms with Crippen LogP contribution < -0.4 is 16.7 Å². The molecule has 1 amide bonds. The summed E-state index contributed by atoms with van der Waals surface area (Å²) in [5.41, 5.74) is 8.63. The Labute approximate surface area is 189 Å². The van der Waals surface area contributed by atoms with E-state index in [4.69, 9.17) is 5.73 Å². The topological polar surface area (TPSA) is 103 Å². The summed E-state index contributed by atoms with van der Waals surface area (Å²) in [6.45, 7) is 0.762. The van der Waals surface area contributed by atoms with Crippen molar-refractivity contribution in [3.05, 3.63) is 112 Å². The van der Waals surface area contributed by atoms with Crippen LogP contribution in [0.25, 0.3) is 21.7 Å². The minimum absolute atomic E-state index is 0.145. The average Bonchev–Trinajstić information content (AvgIpc) is 2.84. The van der Waals surface area contributed by atoms with Crippen LogP contribution in [-0.2, 0) is 13.1 Å². The van der Waals surface area contributed by atoms with Gasteiger partial charge in [-0.3, -0.25) is 14.3 Å². The first kappa shape index (κ1) is 20.4. The number of carbonyl (C=O) groups excluding carboxylic acids is 1. The van der Waals surface area contributed by atoms with Gasteiger partial charge in [0, 0.05) is 29.9 Å². The number of carbonyl (C=O) groups is 1. The lowest BCUT2D eigenvalue weighted by atomic mass is 9.99. The molecule has 0 unspecified atom stereocenters. The summed E-state index contributed by atoms with van der Waals surface area (Å²) in [6.07, 6.45) is 3.38. The van der Waals surface area contributed by atoms with E-state index in [1.54, 1.807) is 24.5 Å². The monoisotopic (exact) mass is 435 g/mol. The quantitative estimate of drug-likeness (QED) is 0.440.